The van der Waals surface area contributed by atoms with Crippen LogP contribution in [-0.4, -0.2) is 28.9 Å². The standard InChI is InChI=1S/C7H9N3OS2/c1-3-4-8-5(11)6-9-10-7(12-2)13-6/h3H,1,4H2,2H3,(H,8,11). The second kappa shape index (κ2) is 4.98. The van der Waals surface area contributed by atoms with Crippen LogP contribution in [0.4, 0.5) is 0 Å². The van der Waals surface area contributed by atoms with Crippen LogP contribution < -0.4 is 5.32 Å². The average molecular weight is 215 g/mol. The van der Waals surface area contributed by atoms with Crippen LogP contribution in [0.1, 0.15) is 9.80 Å². The van der Waals surface area contributed by atoms with Gasteiger partial charge in [0.05, 0.1) is 0 Å². The maximum atomic E-state index is 11.3. The highest BCUT2D eigenvalue weighted by Crippen LogP contribution is 2.18. The van der Waals surface area contributed by atoms with Crippen molar-refractivity contribution in [3.63, 3.8) is 0 Å². The van der Waals surface area contributed by atoms with Crippen LogP contribution in [0, 0.1) is 0 Å². The lowest BCUT2D eigenvalue weighted by Crippen LogP contribution is -2.22. The molecule has 70 valence electrons. The molecule has 0 unspecified atom stereocenters. The number of hydrogen-bond acceptors (Lipinski definition) is 5. The fourth-order valence-electron chi connectivity index (χ4n) is 0.624. The molecule has 1 heterocycles. The molecule has 0 aromatic carbocycles. The quantitative estimate of drug-likeness (QED) is 0.605. The molecule has 0 fully saturated rings. The molecule has 4 nitrogen and oxygen atoms in total. The molecule has 0 aliphatic rings. The molecule has 1 rings (SSSR count). The van der Waals surface area contributed by atoms with E-state index in [4.69, 9.17) is 0 Å². The van der Waals surface area contributed by atoms with Gasteiger partial charge in [-0.15, -0.1) is 16.8 Å². The van der Waals surface area contributed by atoms with Crippen molar-refractivity contribution in [2.24, 2.45) is 0 Å². The van der Waals surface area contributed by atoms with Gasteiger partial charge < -0.3 is 5.32 Å². The van der Waals surface area contributed by atoms with Crippen molar-refractivity contribution in [2.45, 2.75) is 4.34 Å². The number of nitrogens with zero attached hydrogens (tertiary/aromatic N) is 2. The molecule has 0 spiro atoms. The summed E-state index contributed by atoms with van der Waals surface area (Å²) in [5.74, 6) is -0.197. The third kappa shape index (κ3) is 2.82. The second-order valence-corrected chi connectivity index (χ2v) is 4.11. The number of carbonyl (C=O) groups excluding carboxylic acids is 1. The molecule has 0 bridgehead atoms. The number of carbonyl (C=O) groups is 1. The Bertz CT molecular complexity index is 310. The smallest absolute Gasteiger partial charge is 0.282 e. The Hall–Kier alpha value is -0.880. The molecule has 1 amide bonds. The maximum Gasteiger partial charge on any atom is 0.282 e. The lowest BCUT2D eigenvalue weighted by atomic mass is 10.5. The molecule has 0 atom stereocenters. The Kier molecular flexibility index (Phi) is 3.91. The Morgan fingerprint density at radius 1 is 1.77 bits per heavy atom. The summed E-state index contributed by atoms with van der Waals surface area (Å²) in [4.78, 5) is 11.3. The van der Waals surface area contributed by atoms with Gasteiger partial charge in [-0.3, -0.25) is 4.79 Å². The Morgan fingerprint density at radius 3 is 3.08 bits per heavy atom. The highest BCUT2D eigenvalue weighted by atomic mass is 32.2. The summed E-state index contributed by atoms with van der Waals surface area (Å²) in [6.07, 6.45) is 3.51. The number of rotatable bonds is 4. The molecule has 1 N–H and O–H groups in total. The van der Waals surface area contributed by atoms with Crippen LogP contribution in [0.25, 0.3) is 0 Å². The van der Waals surface area contributed by atoms with E-state index in [0.29, 0.717) is 11.6 Å². The van der Waals surface area contributed by atoms with E-state index in [0.717, 1.165) is 4.34 Å². The zero-order chi connectivity index (χ0) is 9.68. The van der Waals surface area contributed by atoms with E-state index in [1.807, 2.05) is 6.26 Å². The second-order valence-electron chi connectivity index (χ2n) is 2.08. The molecular weight excluding hydrogens is 206 g/mol. The lowest BCUT2D eigenvalue weighted by Gasteiger charge is -1.95. The van der Waals surface area contributed by atoms with Gasteiger partial charge in [0.25, 0.3) is 5.91 Å². The first-order valence-corrected chi connectivity index (χ1v) is 5.58. The normalized spacial score (nSPS) is 9.62. The monoisotopic (exact) mass is 215 g/mol. The molecule has 13 heavy (non-hydrogen) atoms. The minimum Gasteiger partial charge on any atom is -0.346 e. The van der Waals surface area contributed by atoms with Gasteiger partial charge >= 0.3 is 0 Å². The van der Waals surface area contributed by atoms with E-state index in [9.17, 15) is 4.79 Å². The molecule has 1 aromatic rings. The Morgan fingerprint density at radius 2 is 2.54 bits per heavy atom. The third-order valence-corrected chi connectivity index (χ3v) is 3.08. The van der Waals surface area contributed by atoms with Gasteiger partial charge in [-0.05, 0) is 6.26 Å². The molecule has 0 aliphatic carbocycles. The van der Waals surface area contributed by atoms with Crippen molar-refractivity contribution in [3.8, 4) is 0 Å². The van der Waals surface area contributed by atoms with Crippen LogP contribution in [0.3, 0.4) is 0 Å². The summed E-state index contributed by atoms with van der Waals surface area (Å²) >= 11 is 2.76. The summed E-state index contributed by atoms with van der Waals surface area (Å²) in [6.45, 7) is 3.95. The van der Waals surface area contributed by atoms with Crippen LogP contribution in [0.15, 0.2) is 17.0 Å². The van der Waals surface area contributed by atoms with Crippen molar-refractivity contribution >= 4 is 29.0 Å². The summed E-state index contributed by atoms with van der Waals surface area (Å²) in [5.41, 5.74) is 0. The Labute approximate surface area is 84.4 Å². The van der Waals surface area contributed by atoms with Crippen LogP contribution in [0.5, 0.6) is 0 Å². The van der Waals surface area contributed by atoms with Gasteiger partial charge in [-0.2, -0.15) is 0 Å². The van der Waals surface area contributed by atoms with E-state index >= 15 is 0 Å². The highest BCUT2D eigenvalue weighted by molar-refractivity contribution is 8.00. The predicted octanol–water partition coefficient (Wildman–Crippen LogP) is 1.18. The SMILES string of the molecule is C=CCNC(=O)c1nnc(SC)s1. The largest absolute Gasteiger partial charge is 0.346 e. The third-order valence-electron chi connectivity index (χ3n) is 1.18. The van der Waals surface area contributed by atoms with Crippen molar-refractivity contribution in [2.75, 3.05) is 12.8 Å². The van der Waals surface area contributed by atoms with Crippen LogP contribution in [0.2, 0.25) is 0 Å². The number of amides is 1. The first-order chi connectivity index (χ1) is 6.27. The molecular formula is C7H9N3OS2. The number of hydrogen-bond donors (Lipinski definition) is 1. The van der Waals surface area contributed by atoms with Gasteiger partial charge in [0.2, 0.25) is 5.01 Å². The van der Waals surface area contributed by atoms with Gasteiger partial charge in [-0.1, -0.05) is 29.2 Å². The van der Waals surface area contributed by atoms with E-state index < -0.39 is 0 Å². The van der Waals surface area contributed by atoms with Crippen LogP contribution >= 0.6 is 23.1 Å². The van der Waals surface area contributed by atoms with Gasteiger partial charge in [0.1, 0.15) is 0 Å². The van der Waals surface area contributed by atoms with E-state index in [1.165, 1.54) is 23.1 Å². The molecule has 6 heteroatoms. The van der Waals surface area contributed by atoms with E-state index in [1.54, 1.807) is 6.08 Å². The maximum absolute atomic E-state index is 11.3. The average Bonchev–Trinajstić information content (AvgIpc) is 2.62. The van der Waals surface area contributed by atoms with Crippen molar-refractivity contribution in [1.29, 1.82) is 0 Å². The van der Waals surface area contributed by atoms with Crippen molar-refractivity contribution < 1.29 is 4.79 Å². The number of aromatic nitrogens is 2. The zero-order valence-corrected chi connectivity index (χ0v) is 8.74. The fourth-order valence-corrected chi connectivity index (χ4v) is 1.81. The molecule has 0 aliphatic heterocycles. The van der Waals surface area contributed by atoms with Crippen molar-refractivity contribution in [1.82, 2.24) is 15.5 Å². The first-order valence-electron chi connectivity index (χ1n) is 3.54. The number of nitrogens with one attached hydrogen (secondary N) is 1. The summed E-state index contributed by atoms with van der Waals surface area (Å²) < 4.78 is 0.795. The first kappa shape index (κ1) is 10.2. The predicted molar refractivity (Wildman–Crippen MR) is 54.2 cm³/mol. The van der Waals surface area contributed by atoms with E-state index in [2.05, 4.69) is 22.1 Å². The van der Waals surface area contributed by atoms with Gasteiger partial charge in [0.15, 0.2) is 4.34 Å². The molecule has 0 saturated heterocycles. The lowest BCUT2D eigenvalue weighted by molar-refractivity contribution is 0.0957. The van der Waals surface area contributed by atoms with Gasteiger partial charge in [0, 0.05) is 6.54 Å². The topological polar surface area (TPSA) is 54.9 Å². The minimum atomic E-state index is -0.197. The number of thioether (sulfide) groups is 1. The summed E-state index contributed by atoms with van der Waals surface area (Å²) in [6, 6.07) is 0. The summed E-state index contributed by atoms with van der Waals surface area (Å²) in [7, 11) is 0. The van der Waals surface area contributed by atoms with Gasteiger partial charge in [-0.25, -0.2) is 0 Å². The summed E-state index contributed by atoms with van der Waals surface area (Å²) in [5, 5.41) is 10.6. The van der Waals surface area contributed by atoms with Crippen LogP contribution in [-0.2, 0) is 0 Å². The highest BCUT2D eigenvalue weighted by Gasteiger charge is 2.10. The zero-order valence-electron chi connectivity index (χ0n) is 7.11. The molecule has 0 radical (unpaired) electrons. The fraction of sp³-hybridized carbons (Fsp3) is 0.286. The van der Waals surface area contributed by atoms with Crippen molar-refractivity contribution in [3.05, 3.63) is 17.7 Å². The molecule has 1 aromatic heterocycles. The van der Waals surface area contributed by atoms with E-state index in [-0.39, 0.29) is 5.91 Å². The minimum absolute atomic E-state index is 0.197. The molecule has 0 saturated carbocycles. The Balaban J connectivity index is 2.60.